The smallest absolute Gasteiger partial charge is 0.309 e. The van der Waals surface area contributed by atoms with Gasteiger partial charge in [0.1, 0.15) is 5.82 Å². The molecular formula is C19H20FNO3S. The highest BCUT2D eigenvalue weighted by molar-refractivity contribution is 7.10. The quantitative estimate of drug-likeness (QED) is 0.796. The summed E-state index contributed by atoms with van der Waals surface area (Å²) in [6, 6.07) is 9.42. The molecule has 0 spiro atoms. The minimum absolute atomic E-state index is 0.0713. The average molecular weight is 361 g/mol. The highest BCUT2D eigenvalue weighted by Gasteiger charge is 2.25. The number of hydrogen-bond donors (Lipinski definition) is 1. The molecule has 1 N–H and O–H groups in total. The zero-order valence-electron chi connectivity index (χ0n) is 13.7. The molecule has 1 saturated carbocycles. The molecule has 0 aliphatic heterocycles. The van der Waals surface area contributed by atoms with Crippen LogP contribution in [0.25, 0.3) is 0 Å². The summed E-state index contributed by atoms with van der Waals surface area (Å²) in [4.78, 5) is 25.1. The number of ether oxygens (including phenoxy) is 1. The zero-order valence-corrected chi connectivity index (χ0v) is 14.6. The van der Waals surface area contributed by atoms with Crippen molar-refractivity contribution in [1.82, 2.24) is 5.32 Å². The van der Waals surface area contributed by atoms with Gasteiger partial charge in [-0.15, -0.1) is 11.3 Å². The van der Waals surface area contributed by atoms with Crippen LogP contribution < -0.4 is 5.32 Å². The van der Waals surface area contributed by atoms with E-state index in [4.69, 9.17) is 4.74 Å². The van der Waals surface area contributed by atoms with E-state index in [0.29, 0.717) is 0 Å². The lowest BCUT2D eigenvalue weighted by Gasteiger charge is -2.18. The van der Waals surface area contributed by atoms with Crippen molar-refractivity contribution in [2.75, 3.05) is 6.61 Å². The SMILES string of the molecule is O=C(COC(=O)C1CCCC1)N[C@@H](c1ccc(F)cc1)c1cccs1. The average Bonchev–Trinajstić information content (AvgIpc) is 3.31. The standard InChI is InChI=1S/C19H20FNO3S/c20-15-9-7-13(8-10-15)18(16-6-3-11-25-16)21-17(22)12-24-19(23)14-4-1-2-5-14/h3,6-11,14,18H,1-2,4-5,12H2,(H,21,22)/t18-/m0/s1. The lowest BCUT2D eigenvalue weighted by molar-refractivity contribution is -0.152. The van der Waals surface area contributed by atoms with E-state index in [-0.39, 0.29) is 30.2 Å². The summed E-state index contributed by atoms with van der Waals surface area (Å²) < 4.78 is 18.3. The van der Waals surface area contributed by atoms with Crippen molar-refractivity contribution in [2.45, 2.75) is 31.7 Å². The van der Waals surface area contributed by atoms with Gasteiger partial charge in [0.25, 0.3) is 5.91 Å². The molecule has 0 radical (unpaired) electrons. The second-order valence-electron chi connectivity index (χ2n) is 6.16. The van der Waals surface area contributed by atoms with Crippen LogP contribution in [0.2, 0.25) is 0 Å². The van der Waals surface area contributed by atoms with E-state index in [1.807, 2.05) is 17.5 Å². The first-order valence-corrected chi connectivity index (χ1v) is 9.26. The molecule has 0 unspecified atom stereocenters. The number of rotatable bonds is 6. The summed E-state index contributed by atoms with van der Waals surface area (Å²) in [6.07, 6.45) is 3.76. The number of nitrogens with one attached hydrogen (secondary N) is 1. The maximum Gasteiger partial charge on any atom is 0.309 e. The summed E-state index contributed by atoms with van der Waals surface area (Å²) in [6.45, 7) is -0.293. The summed E-state index contributed by atoms with van der Waals surface area (Å²) in [5.41, 5.74) is 0.777. The molecule has 3 rings (SSSR count). The third kappa shape index (κ3) is 4.66. The molecule has 132 valence electrons. The maximum absolute atomic E-state index is 13.2. The molecular weight excluding hydrogens is 341 g/mol. The first kappa shape index (κ1) is 17.6. The molecule has 1 heterocycles. The normalized spacial score (nSPS) is 15.7. The summed E-state index contributed by atoms with van der Waals surface area (Å²) in [7, 11) is 0. The van der Waals surface area contributed by atoms with Crippen LogP contribution in [0, 0.1) is 11.7 Å². The van der Waals surface area contributed by atoms with E-state index in [1.54, 1.807) is 12.1 Å². The van der Waals surface area contributed by atoms with Crippen molar-refractivity contribution in [1.29, 1.82) is 0 Å². The van der Waals surface area contributed by atoms with Crippen LogP contribution in [-0.4, -0.2) is 18.5 Å². The van der Waals surface area contributed by atoms with Crippen LogP contribution >= 0.6 is 11.3 Å². The Morgan fingerprint density at radius 2 is 1.92 bits per heavy atom. The van der Waals surface area contributed by atoms with E-state index < -0.39 is 6.04 Å². The number of carbonyl (C=O) groups excluding carboxylic acids is 2. The van der Waals surface area contributed by atoms with Gasteiger partial charge in [-0.2, -0.15) is 0 Å². The Morgan fingerprint density at radius 3 is 2.56 bits per heavy atom. The Hall–Kier alpha value is -2.21. The Kier molecular flexibility index (Phi) is 5.81. The molecule has 1 fully saturated rings. The molecule has 0 bridgehead atoms. The number of esters is 1. The van der Waals surface area contributed by atoms with Gasteiger partial charge in [-0.1, -0.05) is 31.0 Å². The van der Waals surface area contributed by atoms with Gasteiger partial charge in [-0.05, 0) is 42.0 Å². The van der Waals surface area contributed by atoms with Crippen molar-refractivity contribution in [3.8, 4) is 0 Å². The fourth-order valence-electron chi connectivity index (χ4n) is 3.05. The van der Waals surface area contributed by atoms with E-state index >= 15 is 0 Å². The van der Waals surface area contributed by atoms with Crippen LogP contribution in [0.3, 0.4) is 0 Å². The number of amides is 1. The minimum Gasteiger partial charge on any atom is -0.455 e. The predicted molar refractivity (Wildman–Crippen MR) is 93.6 cm³/mol. The topological polar surface area (TPSA) is 55.4 Å². The molecule has 1 aromatic heterocycles. The fourth-order valence-corrected chi connectivity index (χ4v) is 3.85. The van der Waals surface area contributed by atoms with Gasteiger partial charge >= 0.3 is 5.97 Å². The molecule has 0 saturated heterocycles. The molecule has 1 aliphatic rings. The van der Waals surface area contributed by atoms with Crippen LogP contribution in [0.1, 0.15) is 42.2 Å². The number of hydrogen-bond acceptors (Lipinski definition) is 4. The number of carbonyl (C=O) groups is 2. The first-order chi connectivity index (χ1) is 12.1. The molecule has 1 aromatic carbocycles. The van der Waals surface area contributed by atoms with Gasteiger partial charge in [-0.25, -0.2) is 4.39 Å². The third-order valence-corrected chi connectivity index (χ3v) is 5.31. The van der Waals surface area contributed by atoms with Crippen LogP contribution in [0.5, 0.6) is 0 Å². The maximum atomic E-state index is 13.2. The van der Waals surface area contributed by atoms with Crippen molar-refractivity contribution in [3.05, 3.63) is 58.0 Å². The van der Waals surface area contributed by atoms with Crippen LogP contribution in [-0.2, 0) is 14.3 Å². The molecule has 2 aromatic rings. The molecule has 1 atom stereocenters. The van der Waals surface area contributed by atoms with Crippen LogP contribution in [0.15, 0.2) is 41.8 Å². The molecule has 1 amide bonds. The number of halogens is 1. The van der Waals surface area contributed by atoms with Gasteiger partial charge in [-0.3, -0.25) is 9.59 Å². The highest BCUT2D eigenvalue weighted by atomic mass is 32.1. The number of thiophene rings is 1. The lowest BCUT2D eigenvalue weighted by atomic mass is 10.1. The Labute approximate surface area is 150 Å². The van der Waals surface area contributed by atoms with Crippen LogP contribution in [0.4, 0.5) is 4.39 Å². The summed E-state index contributed by atoms with van der Waals surface area (Å²) in [5, 5.41) is 4.79. The lowest BCUT2D eigenvalue weighted by Crippen LogP contribution is -2.33. The minimum atomic E-state index is -0.390. The van der Waals surface area contributed by atoms with Crippen molar-refractivity contribution < 1.29 is 18.7 Å². The van der Waals surface area contributed by atoms with Crippen molar-refractivity contribution >= 4 is 23.2 Å². The summed E-state index contributed by atoms with van der Waals surface area (Å²) in [5.74, 6) is -1.06. The zero-order chi connectivity index (χ0) is 17.6. The first-order valence-electron chi connectivity index (χ1n) is 8.38. The highest BCUT2D eigenvalue weighted by Crippen LogP contribution is 2.27. The second-order valence-corrected chi connectivity index (χ2v) is 7.14. The third-order valence-electron chi connectivity index (χ3n) is 4.37. The van der Waals surface area contributed by atoms with E-state index in [2.05, 4.69) is 5.32 Å². The van der Waals surface area contributed by atoms with E-state index in [1.165, 1.54) is 23.5 Å². The predicted octanol–water partition coefficient (Wildman–Crippen LogP) is 3.83. The monoisotopic (exact) mass is 361 g/mol. The molecule has 4 nitrogen and oxygen atoms in total. The van der Waals surface area contributed by atoms with E-state index in [9.17, 15) is 14.0 Å². The molecule has 25 heavy (non-hydrogen) atoms. The number of benzene rings is 1. The van der Waals surface area contributed by atoms with Crippen molar-refractivity contribution in [2.24, 2.45) is 5.92 Å². The van der Waals surface area contributed by atoms with Gasteiger partial charge in [0.15, 0.2) is 6.61 Å². The van der Waals surface area contributed by atoms with Gasteiger partial charge in [0.05, 0.1) is 12.0 Å². The second kappa shape index (κ2) is 8.25. The fraction of sp³-hybridized carbons (Fsp3) is 0.368. The Morgan fingerprint density at radius 1 is 1.20 bits per heavy atom. The van der Waals surface area contributed by atoms with Gasteiger partial charge in [0, 0.05) is 4.88 Å². The molecule has 1 aliphatic carbocycles. The summed E-state index contributed by atoms with van der Waals surface area (Å²) >= 11 is 1.50. The van der Waals surface area contributed by atoms with E-state index in [0.717, 1.165) is 36.1 Å². The Balaban J connectivity index is 1.62. The van der Waals surface area contributed by atoms with Crippen molar-refractivity contribution in [3.63, 3.8) is 0 Å². The largest absolute Gasteiger partial charge is 0.455 e. The van der Waals surface area contributed by atoms with Gasteiger partial charge < -0.3 is 10.1 Å². The Bertz CT molecular complexity index is 709. The molecule has 6 heteroatoms. The van der Waals surface area contributed by atoms with Gasteiger partial charge in [0.2, 0.25) is 0 Å².